The Morgan fingerprint density at radius 3 is 2.70 bits per heavy atom. The van der Waals surface area contributed by atoms with E-state index in [1.807, 2.05) is 18.2 Å². The van der Waals surface area contributed by atoms with Gasteiger partial charge < -0.3 is 5.32 Å². The van der Waals surface area contributed by atoms with Crippen LogP contribution in [0.2, 0.25) is 10.0 Å². The van der Waals surface area contributed by atoms with Crippen LogP contribution in [-0.2, 0) is 6.54 Å². The maximum Gasteiger partial charge on any atom is 0.0452 e. The molecule has 0 radical (unpaired) electrons. The van der Waals surface area contributed by atoms with Crippen LogP contribution in [0.15, 0.2) is 18.2 Å². The van der Waals surface area contributed by atoms with Gasteiger partial charge in [-0.1, -0.05) is 30.1 Å². The third kappa shape index (κ3) is 4.92. The lowest BCUT2D eigenvalue weighted by Crippen LogP contribution is -2.37. The smallest absolute Gasteiger partial charge is 0.0452 e. The molecule has 1 N–H and O–H groups in total. The lowest BCUT2D eigenvalue weighted by Gasteiger charge is -2.32. The van der Waals surface area contributed by atoms with Gasteiger partial charge in [0.2, 0.25) is 0 Å². The molecule has 0 atom stereocenters. The Kier molecular flexibility index (Phi) is 6.63. The van der Waals surface area contributed by atoms with Crippen LogP contribution in [-0.4, -0.2) is 31.1 Å². The molecule has 0 amide bonds. The minimum atomic E-state index is 0.767. The zero-order valence-corrected chi connectivity index (χ0v) is 13.7. The van der Waals surface area contributed by atoms with Crippen LogP contribution in [0.3, 0.4) is 0 Å². The SMILES string of the molecule is CCCNCC1CCN(Cc2cc(Cl)ccc2Cl)CC1. The summed E-state index contributed by atoms with van der Waals surface area (Å²) < 4.78 is 0. The third-order valence-electron chi connectivity index (χ3n) is 3.97. The number of halogens is 2. The summed E-state index contributed by atoms with van der Waals surface area (Å²) in [5.41, 5.74) is 1.14. The monoisotopic (exact) mass is 314 g/mol. The first-order valence-electron chi connectivity index (χ1n) is 7.56. The highest BCUT2D eigenvalue weighted by Gasteiger charge is 2.19. The zero-order valence-electron chi connectivity index (χ0n) is 12.2. The van der Waals surface area contributed by atoms with Gasteiger partial charge in [0.25, 0.3) is 0 Å². The van der Waals surface area contributed by atoms with E-state index in [4.69, 9.17) is 23.2 Å². The van der Waals surface area contributed by atoms with Crippen molar-refractivity contribution in [1.29, 1.82) is 0 Å². The Balaban J connectivity index is 1.78. The molecule has 1 heterocycles. The molecule has 1 fully saturated rings. The van der Waals surface area contributed by atoms with E-state index < -0.39 is 0 Å². The summed E-state index contributed by atoms with van der Waals surface area (Å²) >= 11 is 12.3. The van der Waals surface area contributed by atoms with E-state index in [-0.39, 0.29) is 0 Å². The molecular weight excluding hydrogens is 291 g/mol. The molecule has 0 aliphatic carbocycles. The molecule has 0 spiro atoms. The Hall–Kier alpha value is -0.280. The summed E-state index contributed by atoms with van der Waals surface area (Å²) in [6, 6.07) is 5.72. The van der Waals surface area contributed by atoms with Gasteiger partial charge in [-0.3, -0.25) is 4.90 Å². The molecule has 1 aromatic rings. The molecule has 0 aromatic heterocycles. The van der Waals surface area contributed by atoms with Crippen LogP contribution in [0.25, 0.3) is 0 Å². The van der Waals surface area contributed by atoms with Crippen molar-refractivity contribution in [2.24, 2.45) is 5.92 Å². The number of hydrogen-bond donors (Lipinski definition) is 1. The van der Waals surface area contributed by atoms with E-state index in [0.717, 1.165) is 47.7 Å². The Morgan fingerprint density at radius 2 is 2.00 bits per heavy atom. The van der Waals surface area contributed by atoms with Crippen LogP contribution in [0.5, 0.6) is 0 Å². The largest absolute Gasteiger partial charge is 0.316 e. The highest BCUT2D eigenvalue weighted by molar-refractivity contribution is 6.33. The van der Waals surface area contributed by atoms with E-state index in [1.54, 1.807) is 0 Å². The molecule has 2 nitrogen and oxygen atoms in total. The molecular formula is C16H24Cl2N2. The van der Waals surface area contributed by atoms with Crippen LogP contribution >= 0.6 is 23.2 Å². The second kappa shape index (κ2) is 8.23. The number of benzene rings is 1. The molecule has 4 heteroatoms. The van der Waals surface area contributed by atoms with Crippen molar-refractivity contribution in [1.82, 2.24) is 10.2 Å². The van der Waals surface area contributed by atoms with Crippen LogP contribution in [0, 0.1) is 5.92 Å². The number of rotatable bonds is 6. The van der Waals surface area contributed by atoms with Crippen LogP contribution < -0.4 is 5.32 Å². The lowest BCUT2D eigenvalue weighted by molar-refractivity contribution is 0.175. The molecule has 112 valence electrons. The maximum absolute atomic E-state index is 6.23. The summed E-state index contributed by atoms with van der Waals surface area (Å²) in [5.74, 6) is 0.827. The number of hydrogen-bond acceptors (Lipinski definition) is 2. The van der Waals surface area contributed by atoms with Gasteiger partial charge in [0, 0.05) is 16.6 Å². The average molecular weight is 315 g/mol. The maximum atomic E-state index is 6.23. The molecule has 1 aromatic carbocycles. The zero-order chi connectivity index (χ0) is 14.4. The van der Waals surface area contributed by atoms with E-state index >= 15 is 0 Å². The van der Waals surface area contributed by atoms with Gasteiger partial charge in [0.15, 0.2) is 0 Å². The van der Waals surface area contributed by atoms with E-state index in [9.17, 15) is 0 Å². The van der Waals surface area contributed by atoms with Crippen molar-refractivity contribution in [2.45, 2.75) is 32.7 Å². The first-order valence-corrected chi connectivity index (χ1v) is 8.31. The molecule has 1 aliphatic rings. The second-order valence-corrected chi connectivity index (χ2v) is 6.50. The summed E-state index contributed by atoms with van der Waals surface area (Å²) in [5, 5.41) is 5.12. The molecule has 1 saturated heterocycles. The highest BCUT2D eigenvalue weighted by Crippen LogP contribution is 2.24. The van der Waals surface area contributed by atoms with Crippen molar-refractivity contribution in [3.05, 3.63) is 33.8 Å². The predicted octanol–water partition coefficient (Wildman–Crippen LogP) is 4.21. The highest BCUT2D eigenvalue weighted by atomic mass is 35.5. The van der Waals surface area contributed by atoms with Gasteiger partial charge in [0.1, 0.15) is 0 Å². The number of nitrogens with zero attached hydrogens (tertiary/aromatic N) is 1. The van der Waals surface area contributed by atoms with Crippen LogP contribution in [0.1, 0.15) is 31.7 Å². The topological polar surface area (TPSA) is 15.3 Å². The fraction of sp³-hybridized carbons (Fsp3) is 0.625. The van der Waals surface area contributed by atoms with Crippen molar-refractivity contribution >= 4 is 23.2 Å². The van der Waals surface area contributed by atoms with Crippen molar-refractivity contribution in [2.75, 3.05) is 26.2 Å². The van der Waals surface area contributed by atoms with Gasteiger partial charge in [-0.2, -0.15) is 0 Å². The second-order valence-electron chi connectivity index (χ2n) is 5.66. The molecule has 1 aliphatic heterocycles. The van der Waals surface area contributed by atoms with Gasteiger partial charge in [0.05, 0.1) is 0 Å². The predicted molar refractivity (Wildman–Crippen MR) is 87.6 cm³/mol. The molecule has 0 bridgehead atoms. The van der Waals surface area contributed by atoms with Gasteiger partial charge >= 0.3 is 0 Å². The Labute approximate surface area is 132 Å². The summed E-state index contributed by atoms with van der Waals surface area (Å²) in [6.45, 7) is 7.74. The summed E-state index contributed by atoms with van der Waals surface area (Å²) in [7, 11) is 0. The van der Waals surface area contributed by atoms with Crippen molar-refractivity contribution in [3.8, 4) is 0 Å². The lowest BCUT2D eigenvalue weighted by atomic mass is 9.96. The van der Waals surface area contributed by atoms with E-state index in [1.165, 1.54) is 25.8 Å². The van der Waals surface area contributed by atoms with E-state index in [0.29, 0.717) is 0 Å². The third-order valence-corrected chi connectivity index (χ3v) is 4.57. The quantitative estimate of drug-likeness (QED) is 0.791. The van der Waals surface area contributed by atoms with Gasteiger partial charge in [-0.25, -0.2) is 0 Å². The summed E-state index contributed by atoms with van der Waals surface area (Å²) in [6.07, 6.45) is 3.76. The fourth-order valence-corrected chi connectivity index (χ4v) is 3.11. The fourth-order valence-electron chi connectivity index (χ4n) is 2.74. The van der Waals surface area contributed by atoms with Crippen molar-refractivity contribution in [3.63, 3.8) is 0 Å². The van der Waals surface area contributed by atoms with Gasteiger partial charge in [-0.15, -0.1) is 0 Å². The minimum Gasteiger partial charge on any atom is -0.316 e. The van der Waals surface area contributed by atoms with Gasteiger partial charge in [-0.05, 0) is 75.1 Å². The van der Waals surface area contributed by atoms with Crippen LogP contribution in [0.4, 0.5) is 0 Å². The van der Waals surface area contributed by atoms with Crippen molar-refractivity contribution < 1.29 is 0 Å². The van der Waals surface area contributed by atoms with E-state index in [2.05, 4.69) is 17.1 Å². The minimum absolute atomic E-state index is 0.767. The summed E-state index contributed by atoms with van der Waals surface area (Å²) in [4.78, 5) is 2.48. The molecule has 0 saturated carbocycles. The number of nitrogens with one attached hydrogen (secondary N) is 1. The molecule has 0 unspecified atom stereocenters. The molecule has 20 heavy (non-hydrogen) atoms. The Morgan fingerprint density at radius 1 is 1.25 bits per heavy atom. The normalized spacial score (nSPS) is 17.6. The first kappa shape index (κ1) is 16.1. The Bertz CT molecular complexity index is 415. The first-order chi connectivity index (χ1) is 9.69. The average Bonchev–Trinajstić information content (AvgIpc) is 2.45. The molecule has 2 rings (SSSR count). The number of likely N-dealkylation sites (tertiary alicyclic amines) is 1. The number of piperidine rings is 1. The standard InChI is InChI=1S/C16H24Cl2N2/c1-2-7-19-11-13-5-8-20(9-6-13)12-14-10-15(17)3-4-16(14)18/h3-4,10,13,19H,2,5-9,11-12H2,1H3.